The summed E-state index contributed by atoms with van der Waals surface area (Å²) >= 11 is 0. The highest BCUT2D eigenvalue weighted by Gasteiger charge is 2.33. The lowest BCUT2D eigenvalue weighted by molar-refractivity contribution is 0.0711. The Bertz CT molecular complexity index is 301. The number of furan rings is 1. The minimum absolute atomic E-state index is 0.678. The number of nitrogens with one attached hydrogen (secondary N) is 1. The smallest absolute Gasteiger partial charge is 0.117 e. The molecule has 3 nitrogen and oxygen atoms in total. The summed E-state index contributed by atoms with van der Waals surface area (Å²) in [6.45, 7) is 4.72. The molecule has 1 aromatic heterocycles. The van der Waals surface area contributed by atoms with Gasteiger partial charge in [-0.15, -0.1) is 0 Å². The lowest BCUT2D eigenvalue weighted by atomic mass is 9.84. The summed E-state index contributed by atoms with van der Waals surface area (Å²) in [4.78, 5) is 2.57. The van der Waals surface area contributed by atoms with Crippen molar-refractivity contribution in [3.05, 3.63) is 24.2 Å². The summed E-state index contributed by atoms with van der Waals surface area (Å²) in [6, 6.07) is 4.67. The van der Waals surface area contributed by atoms with Gasteiger partial charge in [0.1, 0.15) is 5.76 Å². The van der Waals surface area contributed by atoms with E-state index in [2.05, 4.69) is 10.2 Å². The summed E-state index contributed by atoms with van der Waals surface area (Å²) in [6.07, 6.45) is 4.49. The Kier molecular flexibility index (Phi) is 2.51. The lowest BCUT2D eigenvalue weighted by Crippen LogP contribution is -2.55. The van der Waals surface area contributed by atoms with Gasteiger partial charge in [-0.2, -0.15) is 0 Å². The van der Waals surface area contributed by atoms with Crippen LogP contribution in [0.5, 0.6) is 0 Å². The first-order valence-corrected chi connectivity index (χ1v) is 5.90. The standard InChI is InChI=1S/C12H18N2O/c1-2-11(15-7-1)8-13-12-9-14-5-3-10(12)4-6-14/h1-2,7,10,12-13H,3-6,8-9H2. The van der Waals surface area contributed by atoms with Crippen molar-refractivity contribution in [1.82, 2.24) is 10.2 Å². The van der Waals surface area contributed by atoms with E-state index >= 15 is 0 Å². The van der Waals surface area contributed by atoms with E-state index in [0.29, 0.717) is 6.04 Å². The maximum Gasteiger partial charge on any atom is 0.117 e. The van der Waals surface area contributed by atoms with Crippen LogP contribution in [0.15, 0.2) is 22.8 Å². The van der Waals surface area contributed by atoms with Crippen LogP contribution in [0.2, 0.25) is 0 Å². The molecular formula is C12H18N2O. The first-order valence-electron chi connectivity index (χ1n) is 5.90. The summed E-state index contributed by atoms with van der Waals surface area (Å²) in [5, 5.41) is 3.62. The molecule has 1 unspecified atom stereocenters. The van der Waals surface area contributed by atoms with Crippen LogP contribution in [0.4, 0.5) is 0 Å². The molecule has 3 heteroatoms. The largest absolute Gasteiger partial charge is 0.468 e. The predicted octanol–water partition coefficient (Wildman–Crippen LogP) is 1.46. The van der Waals surface area contributed by atoms with Gasteiger partial charge in [0.05, 0.1) is 12.8 Å². The Hall–Kier alpha value is -0.800. The minimum atomic E-state index is 0.678. The first-order chi connectivity index (χ1) is 7.42. The molecule has 4 rings (SSSR count). The van der Waals surface area contributed by atoms with Gasteiger partial charge in [-0.25, -0.2) is 0 Å². The molecule has 4 heterocycles. The second kappa shape index (κ2) is 3.99. The topological polar surface area (TPSA) is 28.4 Å². The molecular weight excluding hydrogens is 188 g/mol. The van der Waals surface area contributed by atoms with Gasteiger partial charge in [0.25, 0.3) is 0 Å². The van der Waals surface area contributed by atoms with Crippen molar-refractivity contribution < 1.29 is 4.42 Å². The Morgan fingerprint density at radius 2 is 2.27 bits per heavy atom. The Labute approximate surface area is 90.4 Å². The zero-order chi connectivity index (χ0) is 10.1. The Balaban J connectivity index is 1.55. The van der Waals surface area contributed by atoms with Crippen molar-refractivity contribution in [2.45, 2.75) is 25.4 Å². The molecule has 3 aliphatic heterocycles. The van der Waals surface area contributed by atoms with Crippen LogP contribution in [-0.2, 0) is 6.54 Å². The van der Waals surface area contributed by atoms with E-state index < -0.39 is 0 Å². The summed E-state index contributed by atoms with van der Waals surface area (Å²) in [7, 11) is 0. The highest BCUT2D eigenvalue weighted by atomic mass is 16.3. The van der Waals surface area contributed by atoms with Crippen molar-refractivity contribution >= 4 is 0 Å². The SMILES string of the molecule is c1coc(CNC2CN3CCC2CC3)c1. The fourth-order valence-corrected chi connectivity index (χ4v) is 2.84. The molecule has 0 amide bonds. The molecule has 0 aliphatic carbocycles. The molecule has 0 aromatic carbocycles. The molecule has 2 bridgehead atoms. The Morgan fingerprint density at radius 1 is 1.40 bits per heavy atom. The normalized spacial score (nSPS) is 34.5. The maximum absolute atomic E-state index is 5.33. The van der Waals surface area contributed by atoms with Crippen molar-refractivity contribution in [2.24, 2.45) is 5.92 Å². The van der Waals surface area contributed by atoms with Gasteiger partial charge >= 0.3 is 0 Å². The zero-order valence-electron chi connectivity index (χ0n) is 8.98. The molecule has 3 fully saturated rings. The second-order valence-corrected chi connectivity index (χ2v) is 4.70. The summed E-state index contributed by atoms with van der Waals surface area (Å²) in [5.74, 6) is 1.94. The number of nitrogens with zero attached hydrogens (tertiary/aromatic N) is 1. The first kappa shape index (κ1) is 9.43. The van der Waals surface area contributed by atoms with Crippen LogP contribution in [0, 0.1) is 5.92 Å². The number of hydrogen-bond acceptors (Lipinski definition) is 3. The van der Waals surface area contributed by atoms with Crippen LogP contribution in [0.25, 0.3) is 0 Å². The van der Waals surface area contributed by atoms with E-state index in [0.717, 1.165) is 18.2 Å². The number of piperidine rings is 3. The summed E-state index contributed by atoms with van der Waals surface area (Å²) < 4.78 is 5.33. The van der Waals surface area contributed by atoms with Crippen LogP contribution in [-0.4, -0.2) is 30.6 Å². The van der Waals surface area contributed by atoms with Crippen LogP contribution in [0.3, 0.4) is 0 Å². The fraction of sp³-hybridized carbons (Fsp3) is 0.667. The third-order valence-electron chi connectivity index (χ3n) is 3.77. The molecule has 0 saturated carbocycles. The van der Waals surface area contributed by atoms with Gasteiger partial charge < -0.3 is 14.6 Å². The van der Waals surface area contributed by atoms with Gasteiger partial charge in [0.2, 0.25) is 0 Å². The highest BCUT2D eigenvalue weighted by Crippen LogP contribution is 2.27. The van der Waals surface area contributed by atoms with Crippen molar-refractivity contribution in [3.8, 4) is 0 Å². The average molecular weight is 206 g/mol. The zero-order valence-corrected chi connectivity index (χ0v) is 8.98. The maximum atomic E-state index is 5.33. The van der Waals surface area contributed by atoms with E-state index in [4.69, 9.17) is 4.42 Å². The number of hydrogen-bond donors (Lipinski definition) is 1. The average Bonchev–Trinajstić information content (AvgIpc) is 2.81. The van der Waals surface area contributed by atoms with Gasteiger partial charge in [0.15, 0.2) is 0 Å². The van der Waals surface area contributed by atoms with Crippen molar-refractivity contribution in [1.29, 1.82) is 0 Å². The number of fused-ring (bicyclic) bond motifs is 3. The van der Waals surface area contributed by atoms with E-state index in [-0.39, 0.29) is 0 Å². The second-order valence-electron chi connectivity index (χ2n) is 4.70. The summed E-state index contributed by atoms with van der Waals surface area (Å²) in [5.41, 5.74) is 0. The highest BCUT2D eigenvalue weighted by molar-refractivity contribution is 4.99. The molecule has 0 radical (unpaired) electrons. The lowest BCUT2D eigenvalue weighted by Gasteiger charge is -2.45. The van der Waals surface area contributed by atoms with Gasteiger partial charge in [-0.05, 0) is 44.0 Å². The Morgan fingerprint density at radius 3 is 2.87 bits per heavy atom. The minimum Gasteiger partial charge on any atom is -0.468 e. The number of rotatable bonds is 3. The predicted molar refractivity (Wildman–Crippen MR) is 58.5 cm³/mol. The molecule has 0 spiro atoms. The molecule has 1 atom stereocenters. The molecule has 3 aliphatic rings. The third-order valence-corrected chi connectivity index (χ3v) is 3.77. The van der Waals surface area contributed by atoms with E-state index in [1.807, 2.05) is 12.1 Å². The molecule has 3 saturated heterocycles. The van der Waals surface area contributed by atoms with E-state index in [1.165, 1.54) is 32.5 Å². The van der Waals surface area contributed by atoms with Gasteiger partial charge in [-0.1, -0.05) is 0 Å². The molecule has 1 aromatic rings. The molecule has 82 valence electrons. The van der Waals surface area contributed by atoms with Gasteiger partial charge in [-0.3, -0.25) is 0 Å². The van der Waals surface area contributed by atoms with Gasteiger partial charge in [0, 0.05) is 12.6 Å². The van der Waals surface area contributed by atoms with E-state index in [1.54, 1.807) is 6.26 Å². The van der Waals surface area contributed by atoms with Crippen LogP contribution >= 0.6 is 0 Å². The van der Waals surface area contributed by atoms with E-state index in [9.17, 15) is 0 Å². The third kappa shape index (κ3) is 1.94. The molecule has 15 heavy (non-hydrogen) atoms. The van der Waals surface area contributed by atoms with Crippen molar-refractivity contribution in [2.75, 3.05) is 19.6 Å². The quantitative estimate of drug-likeness (QED) is 0.811. The van der Waals surface area contributed by atoms with Crippen LogP contribution in [0.1, 0.15) is 18.6 Å². The van der Waals surface area contributed by atoms with Crippen LogP contribution < -0.4 is 5.32 Å². The fourth-order valence-electron chi connectivity index (χ4n) is 2.84. The monoisotopic (exact) mass is 206 g/mol. The van der Waals surface area contributed by atoms with Crippen molar-refractivity contribution in [3.63, 3.8) is 0 Å². The molecule has 1 N–H and O–H groups in total.